The molecule has 0 amide bonds. The molecule has 1 aromatic carbocycles. The van der Waals surface area contributed by atoms with Gasteiger partial charge in [0, 0.05) is 0 Å². The van der Waals surface area contributed by atoms with E-state index in [4.69, 9.17) is 9.47 Å². The van der Waals surface area contributed by atoms with Crippen LogP contribution in [-0.2, 0) is 4.74 Å². The third-order valence-corrected chi connectivity index (χ3v) is 2.24. The Balaban J connectivity index is 2.92. The summed E-state index contributed by atoms with van der Waals surface area (Å²) in [6.45, 7) is 13.4. The molecule has 0 saturated heterocycles. The Morgan fingerprint density at radius 3 is 2.00 bits per heavy atom. The molecule has 0 aliphatic carbocycles. The van der Waals surface area contributed by atoms with Gasteiger partial charge in [-0.15, -0.1) is 0 Å². The summed E-state index contributed by atoms with van der Waals surface area (Å²) in [5.74, 6) is 0.463. The second kappa shape index (κ2) is 5.24. The minimum absolute atomic E-state index is 0.250. The van der Waals surface area contributed by atoms with Crippen molar-refractivity contribution < 1.29 is 14.3 Å². The van der Waals surface area contributed by atoms with E-state index in [0.29, 0.717) is 5.56 Å². The number of rotatable bonds is 2. The molecule has 0 saturated carbocycles. The molecule has 3 nitrogen and oxygen atoms in total. The number of ether oxygens (including phenoxy) is 2. The Morgan fingerprint density at radius 2 is 1.58 bits per heavy atom. The summed E-state index contributed by atoms with van der Waals surface area (Å²) in [5.41, 5.74) is 0.705. The molecule has 0 fully saturated rings. The Morgan fingerprint density at radius 1 is 1.00 bits per heavy atom. The van der Waals surface area contributed by atoms with Gasteiger partial charge in [-0.05, 0) is 72.2 Å². The number of benzene rings is 1. The van der Waals surface area contributed by atoms with Crippen LogP contribution in [0, 0.1) is 6.92 Å². The van der Waals surface area contributed by atoms with E-state index in [-0.39, 0.29) is 11.6 Å². The van der Waals surface area contributed by atoms with Crippen LogP contribution in [0.3, 0.4) is 0 Å². The van der Waals surface area contributed by atoms with E-state index >= 15 is 0 Å². The number of carbonyl (C=O) groups is 1. The van der Waals surface area contributed by atoms with Crippen molar-refractivity contribution in [2.75, 3.05) is 0 Å². The maximum absolute atomic E-state index is 12.0. The van der Waals surface area contributed by atoms with Crippen LogP contribution in [0.15, 0.2) is 18.2 Å². The van der Waals surface area contributed by atoms with Gasteiger partial charge in [0.25, 0.3) is 0 Å². The fraction of sp³-hybridized carbons (Fsp3) is 0.562. The molecule has 3 heteroatoms. The zero-order valence-corrected chi connectivity index (χ0v) is 13.0. The minimum Gasteiger partial charge on any atom is -0.488 e. The highest BCUT2D eigenvalue weighted by atomic mass is 16.6. The first-order valence-electron chi connectivity index (χ1n) is 6.51. The van der Waals surface area contributed by atoms with Gasteiger partial charge in [0.15, 0.2) is 0 Å². The molecule has 1 aromatic rings. The standard InChI is InChI=1S/C16H24O3/c1-11-10-12(18-15(2,3)4)8-9-13(11)14(17)19-16(5,6)7/h8-10H,1-7H3. The average molecular weight is 264 g/mol. The largest absolute Gasteiger partial charge is 0.488 e. The molecule has 0 unspecified atom stereocenters. The maximum atomic E-state index is 12.0. The van der Waals surface area contributed by atoms with Gasteiger partial charge in [-0.1, -0.05) is 0 Å². The third kappa shape index (κ3) is 5.33. The molecule has 0 aliphatic rings. The summed E-state index contributed by atoms with van der Waals surface area (Å²) in [5, 5.41) is 0. The quantitative estimate of drug-likeness (QED) is 0.753. The van der Waals surface area contributed by atoms with E-state index < -0.39 is 5.60 Å². The zero-order chi connectivity index (χ0) is 14.8. The molecule has 19 heavy (non-hydrogen) atoms. The second-order valence-electron chi connectivity index (χ2n) is 6.69. The SMILES string of the molecule is Cc1cc(OC(C)(C)C)ccc1C(=O)OC(C)(C)C. The Hall–Kier alpha value is -1.51. The molecule has 0 N–H and O–H groups in total. The molecule has 0 heterocycles. The van der Waals surface area contributed by atoms with Crippen molar-refractivity contribution in [3.8, 4) is 5.75 Å². The van der Waals surface area contributed by atoms with E-state index in [1.54, 1.807) is 12.1 Å². The van der Waals surface area contributed by atoms with Crippen LogP contribution in [0.2, 0.25) is 0 Å². The lowest BCUT2D eigenvalue weighted by atomic mass is 10.1. The summed E-state index contributed by atoms with van der Waals surface area (Å²) in [4.78, 5) is 12.0. The van der Waals surface area contributed by atoms with E-state index in [1.807, 2.05) is 54.5 Å². The lowest BCUT2D eigenvalue weighted by Gasteiger charge is -2.23. The van der Waals surface area contributed by atoms with Gasteiger partial charge in [0.2, 0.25) is 0 Å². The van der Waals surface area contributed by atoms with Crippen molar-refractivity contribution in [2.45, 2.75) is 59.7 Å². The summed E-state index contributed by atoms with van der Waals surface area (Å²) in [6.07, 6.45) is 0. The Bertz CT molecular complexity index is 462. The molecule has 0 aliphatic heterocycles. The Labute approximate surface area is 115 Å². The second-order valence-corrected chi connectivity index (χ2v) is 6.69. The van der Waals surface area contributed by atoms with Gasteiger partial charge in [-0.3, -0.25) is 0 Å². The van der Waals surface area contributed by atoms with Crippen LogP contribution in [0.25, 0.3) is 0 Å². The number of aryl methyl sites for hydroxylation is 1. The monoisotopic (exact) mass is 264 g/mol. The van der Waals surface area contributed by atoms with Crippen LogP contribution in [0.4, 0.5) is 0 Å². The number of esters is 1. The van der Waals surface area contributed by atoms with Crippen LogP contribution >= 0.6 is 0 Å². The highest BCUT2D eigenvalue weighted by Gasteiger charge is 2.20. The normalized spacial score (nSPS) is 12.2. The molecule has 0 radical (unpaired) electrons. The smallest absolute Gasteiger partial charge is 0.338 e. The first kappa shape index (κ1) is 15.5. The van der Waals surface area contributed by atoms with Gasteiger partial charge >= 0.3 is 5.97 Å². The van der Waals surface area contributed by atoms with E-state index in [9.17, 15) is 4.79 Å². The molecule has 0 atom stereocenters. The van der Waals surface area contributed by atoms with Crippen molar-refractivity contribution in [3.05, 3.63) is 29.3 Å². The summed E-state index contributed by atoms with van der Waals surface area (Å²) in [6, 6.07) is 5.42. The van der Waals surface area contributed by atoms with E-state index in [2.05, 4.69) is 0 Å². The van der Waals surface area contributed by atoms with Crippen molar-refractivity contribution in [1.82, 2.24) is 0 Å². The number of hydrogen-bond acceptors (Lipinski definition) is 3. The summed E-state index contributed by atoms with van der Waals surface area (Å²) in [7, 11) is 0. The fourth-order valence-corrected chi connectivity index (χ4v) is 1.62. The van der Waals surface area contributed by atoms with E-state index in [0.717, 1.165) is 11.3 Å². The maximum Gasteiger partial charge on any atom is 0.338 e. The highest BCUT2D eigenvalue weighted by molar-refractivity contribution is 5.91. The molecule has 0 spiro atoms. The lowest BCUT2D eigenvalue weighted by molar-refractivity contribution is 0.00687. The van der Waals surface area contributed by atoms with E-state index in [1.165, 1.54) is 0 Å². The van der Waals surface area contributed by atoms with Gasteiger partial charge < -0.3 is 9.47 Å². The topological polar surface area (TPSA) is 35.5 Å². The first-order chi connectivity index (χ1) is 8.48. The number of hydrogen-bond donors (Lipinski definition) is 0. The molecule has 106 valence electrons. The summed E-state index contributed by atoms with van der Waals surface area (Å²) < 4.78 is 11.1. The molecule has 1 rings (SSSR count). The van der Waals surface area contributed by atoms with Gasteiger partial charge in [-0.2, -0.15) is 0 Å². The predicted octanol–water partition coefficient (Wildman–Crippen LogP) is 4.13. The van der Waals surface area contributed by atoms with Crippen molar-refractivity contribution in [1.29, 1.82) is 0 Å². The summed E-state index contributed by atoms with van der Waals surface area (Å²) >= 11 is 0. The van der Waals surface area contributed by atoms with Crippen molar-refractivity contribution >= 4 is 5.97 Å². The van der Waals surface area contributed by atoms with Gasteiger partial charge in [0.1, 0.15) is 17.0 Å². The molecule has 0 bridgehead atoms. The fourth-order valence-electron chi connectivity index (χ4n) is 1.62. The number of carbonyl (C=O) groups excluding carboxylic acids is 1. The van der Waals surface area contributed by atoms with Crippen molar-refractivity contribution in [2.24, 2.45) is 0 Å². The lowest BCUT2D eigenvalue weighted by Crippen LogP contribution is -2.25. The van der Waals surface area contributed by atoms with Crippen molar-refractivity contribution in [3.63, 3.8) is 0 Å². The average Bonchev–Trinajstić information content (AvgIpc) is 2.11. The minimum atomic E-state index is -0.482. The predicted molar refractivity (Wildman–Crippen MR) is 76.7 cm³/mol. The third-order valence-electron chi connectivity index (χ3n) is 2.24. The first-order valence-corrected chi connectivity index (χ1v) is 6.51. The van der Waals surface area contributed by atoms with Crippen LogP contribution in [0.5, 0.6) is 5.75 Å². The van der Waals surface area contributed by atoms with Gasteiger partial charge in [-0.25, -0.2) is 4.79 Å². The molecular weight excluding hydrogens is 240 g/mol. The Kier molecular flexibility index (Phi) is 4.28. The molecule has 0 aromatic heterocycles. The van der Waals surface area contributed by atoms with Gasteiger partial charge in [0.05, 0.1) is 5.56 Å². The van der Waals surface area contributed by atoms with Crippen LogP contribution in [0.1, 0.15) is 57.5 Å². The van der Waals surface area contributed by atoms with Crippen LogP contribution < -0.4 is 4.74 Å². The highest BCUT2D eigenvalue weighted by Crippen LogP contribution is 2.23. The zero-order valence-electron chi connectivity index (χ0n) is 13.0. The van der Waals surface area contributed by atoms with Crippen LogP contribution in [-0.4, -0.2) is 17.2 Å². The molecular formula is C16H24O3.